The van der Waals surface area contributed by atoms with Gasteiger partial charge in [-0.05, 0) is 18.2 Å². The van der Waals surface area contributed by atoms with Crippen LogP contribution >= 0.6 is 15.9 Å². The summed E-state index contributed by atoms with van der Waals surface area (Å²) in [6.07, 6.45) is -5.75. The standard InChI is InChI=1S/C11H7BrF5N3/c1-18-8-6-4-5(12)2-3-7(6)19-9(20-8)10(13,14)11(15,16)17/h2-4H,1H3,(H,18,19,20). The first-order chi connectivity index (χ1) is 9.16. The van der Waals surface area contributed by atoms with Crippen molar-refractivity contribution in [3.8, 4) is 0 Å². The molecule has 1 N–H and O–H groups in total. The molecule has 0 aliphatic carbocycles. The molecule has 0 atom stereocenters. The van der Waals surface area contributed by atoms with Crippen molar-refractivity contribution in [1.29, 1.82) is 0 Å². The number of hydrogen-bond acceptors (Lipinski definition) is 3. The zero-order valence-corrected chi connectivity index (χ0v) is 11.5. The number of anilines is 1. The summed E-state index contributed by atoms with van der Waals surface area (Å²) in [5.41, 5.74) is -0.00789. The van der Waals surface area contributed by atoms with Crippen LogP contribution in [0.25, 0.3) is 10.9 Å². The Morgan fingerprint density at radius 3 is 2.30 bits per heavy atom. The first kappa shape index (κ1) is 14.9. The zero-order valence-electron chi connectivity index (χ0n) is 9.89. The minimum absolute atomic E-state index is 0.00789. The molecule has 3 nitrogen and oxygen atoms in total. The van der Waals surface area contributed by atoms with Crippen LogP contribution in [0.15, 0.2) is 22.7 Å². The lowest BCUT2D eigenvalue weighted by Crippen LogP contribution is -2.35. The number of benzene rings is 1. The number of hydrogen-bond donors (Lipinski definition) is 1. The SMILES string of the molecule is CNc1nc(C(F)(F)C(F)(F)F)nc2ccc(Br)cc12. The number of nitrogens with zero attached hydrogens (tertiary/aromatic N) is 2. The molecule has 1 aromatic carbocycles. The Balaban J connectivity index is 2.72. The molecule has 0 spiro atoms. The second-order valence-corrected chi connectivity index (χ2v) is 4.80. The molecule has 108 valence electrons. The van der Waals surface area contributed by atoms with Crippen LogP contribution in [0.2, 0.25) is 0 Å². The Morgan fingerprint density at radius 1 is 1.10 bits per heavy atom. The Bertz CT molecular complexity index is 656. The highest BCUT2D eigenvalue weighted by molar-refractivity contribution is 9.10. The molecule has 0 unspecified atom stereocenters. The normalized spacial score (nSPS) is 12.8. The van der Waals surface area contributed by atoms with Crippen LogP contribution in [0, 0.1) is 0 Å². The van der Waals surface area contributed by atoms with Crippen molar-refractivity contribution in [3.63, 3.8) is 0 Å². The van der Waals surface area contributed by atoms with E-state index in [1.165, 1.54) is 25.2 Å². The van der Waals surface area contributed by atoms with Gasteiger partial charge in [-0.2, -0.15) is 22.0 Å². The number of halogens is 6. The van der Waals surface area contributed by atoms with Gasteiger partial charge in [-0.1, -0.05) is 15.9 Å². The topological polar surface area (TPSA) is 37.8 Å². The van der Waals surface area contributed by atoms with E-state index in [-0.39, 0.29) is 11.3 Å². The molecule has 0 aliphatic heterocycles. The number of aromatic nitrogens is 2. The van der Waals surface area contributed by atoms with Crippen LogP contribution in [0.4, 0.5) is 27.8 Å². The highest BCUT2D eigenvalue weighted by Crippen LogP contribution is 2.43. The van der Waals surface area contributed by atoms with Gasteiger partial charge in [0.15, 0.2) is 0 Å². The summed E-state index contributed by atoms with van der Waals surface area (Å²) in [5.74, 6) is -6.79. The predicted molar refractivity (Wildman–Crippen MR) is 66.7 cm³/mol. The molecule has 1 aromatic heterocycles. The molecule has 0 fully saturated rings. The van der Waals surface area contributed by atoms with Crippen molar-refractivity contribution in [3.05, 3.63) is 28.5 Å². The lowest BCUT2D eigenvalue weighted by Gasteiger charge is -2.19. The molecule has 0 saturated carbocycles. The average molecular weight is 356 g/mol. The second kappa shape index (κ2) is 4.80. The monoisotopic (exact) mass is 355 g/mol. The molecule has 2 aromatic rings. The van der Waals surface area contributed by atoms with E-state index in [1.807, 2.05) is 0 Å². The highest BCUT2D eigenvalue weighted by Gasteiger charge is 2.61. The maximum atomic E-state index is 13.3. The largest absolute Gasteiger partial charge is 0.461 e. The van der Waals surface area contributed by atoms with Crippen molar-refractivity contribution >= 4 is 32.7 Å². The molecule has 20 heavy (non-hydrogen) atoms. The third-order valence-electron chi connectivity index (χ3n) is 2.53. The third-order valence-corrected chi connectivity index (χ3v) is 3.02. The summed E-state index contributed by atoms with van der Waals surface area (Å²) in [5, 5.41) is 2.83. The Hall–Kier alpha value is -1.51. The molecule has 0 aliphatic rings. The van der Waals surface area contributed by atoms with Crippen LogP contribution in [0.1, 0.15) is 5.82 Å². The van der Waals surface area contributed by atoms with Crippen LogP contribution in [-0.2, 0) is 5.92 Å². The average Bonchev–Trinajstić information content (AvgIpc) is 2.36. The van der Waals surface area contributed by atoms with Crippen molar-refractivity contribution in [2.45, 2.75) is 12.1 Å². The first-order valence-electron chi connectivity index (χ1n) is 5.27. The van der Waals surface area contributed by atoms with Crippen molar-refractivity contribution < 1.29 is 22.0 Å². The number of alkyl halides is 5. The van der Waals surface area contributed by atoms with Gasteiger partial charge in [-0.25, -0.2) is 9.97 Å². The van der Waals surface area contributed by atoms with Crippen molar-refractivity contribution in [2.24, 2.45) is 0 Å². The molecule has 0 radical (unpaired) electrons. The number of nitrogens with one attached hydrogen (secondary N) is 1. The van der Waals surface area contributed by atoms with E-state index in [9.17, 15) is 22.0 Å². The summed E-state index contributed by atoms with van der Waals surface area (Å²) in [6.45, 7) is 0. The predicted octanol–water partition coefficient (Wildman–Crippen LogP) is 4.09. The fourth-order valence-corrected chi connectivity index (χ4v) is 1.92. The van der Waals surface area contributed by atoms with Crippen LogP contribution in [0.5, 0.6) is 0 Å². The fraction of sp³-hybridized carbons (Fsp3) is 0.273. The van der Waals surface area contributed by atoms with E-state index in [0.29, 0.717) is 9.86 Å². The van der Waals surface area contributed by atoms with Gasteiger partial charge in [0.1, 0.15) is 5.82 Å². The van der Waals surface area contributed by atoms with Crippen LogP contribution in [0.3, 0.4) is 0 Å². The van der Waals surface area contributed by atoms with Crippen molar-refractivity contribution in [2.75, 3.05) is 12.4 Å². The molecule has 0 amide bonds. The van der Waals surface area contributed by atoms with E-state index >= 15 is 0 Å². The van der Waals surface area contributed by atoms with Crippen molar-refractivity contribution in [1.82, 2.24) is 9.97 Å². The van der Waals surface area contributed by atoms with Gasteiger partial charge < -0.3 is 5.32 Å². The summed E-state index contributed by atoms with van der Waals surface area (Å²) < 4.78 is 64.3. The van der Waals surface area contributed by atoms with Crippen LogP contribution < -0.4 is 5.32 Å². The maximum absolute atomic E-state index is 13.3. The molecule has 1 heterocycles. The van der Waals surface area contributed by atoms with Crippen LogP contribution in [-0.4, -0.2) is 23.2 Å². The lowest BCUT2D eigenvalue weighted by atomic mass is 10.2. The Labute approximate surface area is 118 Å². The smallest absolute Gasteiger partial charge is 0.373 e. The minimum atomic E-state index is -5.75. The van der Waals surface area contributed by atoms with Gasteiger partial charge in [-0.3, -0.25) is 0 Å². The van der Waals surface area contributed by atoms with Gasteiger partial charge in [0.25, 0.3) is 0 Å². The molecule has 2 rings (SSSR count). The van der Waals surface area contributed by atoms with E-state index in [1.54, 1.807) is 0 Å². The van der Waals surface area contributed by atoms with E-state index in [2.05, 4.69) is 31.2 Å². The highest BCUT2D eigenvalue weighted by atomic mass is 79.9. The Kier molecular flexibility index (Phi) is 3.57. The lowest BCUT2D eigenvalue weighted by molar-refractivity contribution is -0.292. The molecular weight excluding hydrogens is 349 g/mol. The zero-order chi connectivity index (χ0) is 15.1. The molecule has 9 heteroatoms. The minimum Gasteiger partial charge on any atom is -0.373 e. The summed E-state index contributed by atoms with van der Waals surface area (Å²) in [4.78, 5) is 6.61. The third kappa shape index (κ3) is 2.41. The summed E-state index contributed by atoms with van der Waals surface area (Å²) >= 11 is 3.17. The second-order valence-electron chi connectivity index (χ2n) is 3.88. The Morgan fingerprint density at radius 2 is 1.75 bits per heavy atom. The number of rotatable bonds is 2. The van der Waals surface area contributed by atoms with E-state index < -0.39 is 17.9 Å². The van der Waals surface area contributed by atoms with Gasteiger partial charge >= 0.3 is 12.1 Å². The van der Waals surface area contributed by atoms with Gasteiger partial charge in [0.2, 0.25) is 5.82 Å². The quantitative estimate of drug-likeness (QED) is 0.824. The summed E-state index contributed by atoms with van der Waals surface area (Å²) in [6, 6.07) is 4.35. The van der Waals surface area contributed by atoms with E-state index in [4.69, 9.17) is 0 Å². The molecular formula is C11H7BrF5N3. The van der Waals surface area contributed by atoms with Gasteiger partial charge in [0.05, 0.1) is 5.52 Å². The summed E-state index contributed by atoms with van der Waals surface area (Å²) in [7, 11) is 1.37. The van der Waals surface area contributed by atoms with E-state index in [0.717, 1.165) is 0 Å². The van der Waals surface area contributed by atoms with Gasteiger partial charge in [0, 0.05) is 16.9 Å². The first-order valence-corrected chi connectivity index (χ1v) is 6.06. The van der Waals surface area contributed by atoms with Gasteiger partial charge in [-0.15, -0.1) is 0 Å². The molecule has 0 bridgehead atoms. The fourth-order valence-electron chi connectivity index (χ4n) is 1.56. The number of fused-ring (bicyclic) bond motifs is 1. The molecule has 0 saturated heterocycles. The maximum Gasteiger partial charge on any atom is 0.461 e.